The first-order valence-corrected chi connectivity index (χ1v) is 8.01. The van der Waals surface area contributed by atoms with Crippen molar-refractivity contribution in [3.8, 4) is 22.3 Å². The van der Waals surface area contributed by atoms with Crippen LogP contribution in [0, 0.1) is 0 Å². The van der Waals surface area contributed by atoms with E-state index in [4.69, 9.17) is 23.2 Å². The molecule has 118 valence electrons. The number of rotatable bonds is 4. The first-order chi connectivity index (χ1) is 11.6. The standard InChI is InChI=1S/C20H12Cl2O2/c21-19(23)16-9-10-17(18(12-16)20(22)24)15-8-4-7-14(11-15)13-5-2-1-3-6-13/h1-12H. The summed E-state index contributed by atoms with van der Waals surface area (Å²) in [5.41, 5.74) is 4.10. The highest BCUT2D eigenvalue weighted by Gasteiger charge is 2.14. The third-order valence-electron chi connectivity index (χ3n) is 3.74. The van der Waals surface area contributed by atoms with Gasteiger partial charge in [0.15, 0.2) is 0 Å². The quantitative estimate of drug-likeness (QED) is 0.556. The van der Waals surface area contributed by atoms with Crippen LogP contribution in [0.2, 0.25) is 0 Å². The van der Waals surface area contributed by atoms with Gasteiger partial charge in [0.1, 0.15) is 0 Å². The highest BCUT2D eigenvalue weighted by molar-refractivity contribution is 6.69. The third kappa shape index (κ3) is 3.40. The lowest BCUT2D eigenvalue weighted by molar-refractivity contribution is 0.108. The number of carbonyl (C=O) groups excluding carboxylic acids is 2. The molecule has 2 nitrogen and oxygen atoms in total. The predicted molar refractivity (Wildman–Crippen MR) is 97.7 cm³/mol. The van der Waals surface area contributed by atoms with Crippen LogP contribution in [0.3, 0.4) is 0 Å². The fourth-order valence-electron chi connectivity index (χ4n) is 2.58. The molecular weight excluding hydrogens is 343 g/mol. The molecule has 3 rings (SSSR count). The van der Waals surface area contributed by atoms with Gasteiger partial charge in [0.25, 0.3) is 10.5 Å². The summed E-state index contributed by atoms with van der Waals surface area (Å²) >= 11 is 11.2. The van der Waals surface area contributed by atoms with Crippen molar-refractivity contribution in [2.45, 2.75) is 0 Å². The van der Waals surface area contributed by atoms with E-state index in [2.05, 4.69) is 0 Å². The van der Waals surface area contributed by atoms with Gasteiger partial charge in [-0.05, 0) is 63.7 Å². The minimum Gasteiger partial charge on any atom is -0.276 e. The molecule has 0 aliphatic heterocycles. The van der Waals surface area contributed by atoms with E-state index < -0.39 is 10.5 Å². The van der Waals surface area contributed by atoms with E-state index in [-0.39, 0.29) is 11.1 Å². The van der Waals surface area contributed by atoms with Gasteiger partial charge in [-0.1, -0.05) is 54.6 Å². The lowest BCUT2D eigenvalue weighted by Gasteiger charge is -2.10. The Morgan fingerprint density at radius 1 is 0.625 bits per heavy atom. The molecular formula is C20H12Cl2O2. The van der Waals surface area contributed by atoms with Crippen molar-refractivity contribution >= 4 is 33.7 Å². The van der Waals surface area contributed by atoms with Crippen molar-refractivity contribution in [3.63, 3.8) is 0 Å². The number of carbonyl (C=O) groups is 2. The van der Waals surface area contributed by atoms with Gasteiger partial charge in [-0.15, -0.1) is 0 Å². The van der Waals surface area contributed by atoms with Crippen molar-refractivity contribution in [1.82, 2.24) is 0 Å². The summed E-state index contributed by atoms with van der Waals surface area (Å²) in [5.74, 6) is 0. The molecule has 0 fully saturated rings. The van der Waals surface area contributed by atoms with Crippen LogP contribution in [0.15, 0.2) is 72.8 Å². The van der Waals surface area contributed by atoms with E-state index in [1.54, 1.807) is 12.1 Å². The molecule has 0 saturated carbocycles. The molecule has 0 N–H and O–H groups in total. The van der Waals surface area contributed by atoms with Crippen molar-refractivity contribution in [2.75, 3.05) is 0 Å². The fraction of sp³-hybridized carbons (Fsp3) is 0. The Hall–Kier alpha value is -2.42. The average molecular weight is 355 g/mol. The summed E-state index contributed by atoms with van der Waals surface area (Å²) in [4.78, 5) is 23.1. The van der Waals surface area contributed by atoms with Gasteiger partial charge < -0.3 is 0 Å². The molecule has 0 amide bonds. The van der Waals surface area contributed by atoms with E-state index >= 15 is 0 Å². The number of halogens is 2. The third-order valence-corrected chi connectivity index (χ3v) is 4.16. The van der Waals surface area contributed by atoms with Crippen LogP contribution in [-0.4, -0.2) is 10.5 Å². The SMILES string of the molecule is O=C(Cl)c1ccc(-c2cccc(-c3ccccc3)c2)c(C(=O)Cl)c1. The van der Waals surface area contributed by atoms with Crippen LogP contribution in [0.25, 0.3) is 22.3 Å². The van der Waals surface area contributed by atoms with Crippen molar-refractivity contribution < 1.29 is 9.59 Å². The maximum Gasteiger partial charge on any atom is 0.253 e. The Bertz CT molecular complexity index is 918. The Labute approximate surface area is 149 Å². The molecule has 0 unspecified atom stereocenters. The molecule has 0 aliphatic rings. The molecule has 0 atom stereocenters. The topological polar surface area (TPSA) is 34.1 Å². The fourth-order valence-corrected chi connectivity index (χ4v) is 2.85. The van der Waals surface area contributed by atoms with Gasteiger partial charge in [0, 0.05) is 11.1 Å². The molecule has 0 aliphatic carbocycles. The van der Waals surface area contributed by atoms with Crippen molar-refractivity contribution in [1.29, 1.82) is 0 Å². The lowest BCUT2D eigenvalue weighted by atomic mass is 9.95. The highest BCUT2D eigenvalue weighted by atomic mass is 35.5. The van der Waals surface area contributed by atoms with Crippen LogP contribution < -0.4 is 0 Å². The second-order valence-corrected chi connectivity index (χ2v) is 5.94. The lowest BCUT2D eigenvalue weighted by Crippen LogP contribution is -1.98. The summed E-state index contributed by atoms with van der Waals surface area (Å²) in [7, 11) is 0. The summed E-state index contributed by atoms with van der Waals surface area (Å²) in [6, 6.07) is 22.4. The van der Waals surface area contributed by atoms with Gasteiger partial charge in [0.05, 0.1) is 0 Å². The smallest absolute Gasteiger partial charge is 0.253 e. The van der Waals surface area contributed by atoms with Gasteiger partial charge in [-0.25, -0.2) is 0 Å². The molecule has 0 aromatic heterocycles. The normalized spacial score (nSPS) is 10.4. The van der Waals surface area contributed by atoms with Gasteiger partial charge >= 0.3 is 0 Å². The van der Waals surface area contributed by atoms with Crippen LogP contribution in [0.5, 0.6) is 0 Å². The van der Waals surface area contributed by atoms with E-state index in [0.29, 0.717) is 5.56 Å². The highest BCUT2D eigenvalue weighted by Crippen LogP contribution is 2.30. The molecule has 4 heteroatoms. The van der Waals surface area contributed by atoms with Gasteiger partial charge in [-0.2, -0.15) is 0 Å². The second-order valence-electron chi connectivity index (χ2n) is 5.25. The van der Waals surface area contributed by atoms with Crippen LogP contribution in [0.1, 0.15) is 20.7 Å². The summed E-state index contributed by atoms with van der Waals surface area (Å²) < 4.78 is 0. The Morgan fingerprint density at radius 2 is 1.29 bits per heavy atom. The van der Waals surface area contributed by atoms with Gasteiger partial charge in [0.2, 0.25) is 0 Å². The molecule has 3 aromatic carbocycles. The largest absolute Gasteiger partial charge is 0.276 e. The molecule has 24 heavy (non-hydrogen) atoms. The zero-order chi connectivity index (χ0) is 17.1. The van der Waals surface area contributed by atoms with Crippen LogP contribution >= 0.6 is 23.2 Å². The van der Waals surface area contributed by atoms with E-state index in [0.717, 1.165) is 16.7 Å². The summed E-state index contributed by atoms with van der Waals surface area (Å²) in [6.45, 7) is 0. The summed E-state index contributed by atoms with van der Waals surface area (Å²) in [5, 5.41) is -1.26. The second kappa shape index (κ2) is 7.00. The Morgan fingerprint density at radius 3 is 1.96 bits per heavy atom. The molecule has 0 bridgehead atoms. The summed E-state index contributed by atoms with van der Waals surface area (Å²) in [6.07, 6.45) is 0. The first-order valence-electron chi connectivity index (χ1n) is 7.26. The van der Waals surface area contributed by atoms with Gasteiger partial charge in [-0.3, -0.25) is 9.59 Å². The molecule has 0 radical (unpaired) electrons. The zero-order valence-corrected chi connectivity index (χ0v) is 14.0. The van der Waals surface area contributed by atoms with Crippen LogP contribution in [0.4, 0.5) is 0 Å². The maximum absolute atomic E-state index is 11.8. The minimum absolute atomic E-state index is 0.239. The van der Waals surface area contributed by atoms with Crippen LogP contribution in [-0.2, 0) is 0 Å². The monoisotopic (exact) mass is 354 g/mol. The Balaban J connectivity index is 2.13. The number of hydrogen-bond acceptors (Lipinski definition) is 2. The molecule has 0 heterocycles. The first kappa shape index (κ1) is 16.4. The number of benzene rings is 3. The van der Waals surface area contributed by atoms with E-state index in [1.165, 1.54) is 6.07 Å². The van der Waals surface area contributed by atoms with Crippen molar-refractivity contribution in [2.24, 2.45) is 0 Å². The van der Waals surface area contributed by atoms with E-state index in [9.17, 15) is 9.59 Å². The predicted octanol–water partition coefficient (Wildman–Crippen LogP) is 5.78. The molecule has 3 aromatic rings. The number of hydrogen-bond donors (Lipinski definition) is 0. The maximum atomic E-state index is 11.8. The Kier molecular flexibility index (Phi) is 4.79. The van der Waals surface area contributed by atoms with E-state index in [1.807, 2.05) is 54.6 Å². The zero-order valence-electron chi connectivity index (χ0n) is 12.5. The minimum atomic E-state index is -0.630. The molecule has 0 spiro atoms. The molecule has 0 saturated heterocycles. The average Bonchev–Trinajstić information content (AvgIpc) is 2.62. The van der Waals surface area contributed by atoms with Crippen molar-refractivity contribution in [3.05, 3.63) is 83.9 Å².